The largest absolute Gasteiger partial charge is 0.450 e. The number of rotatable bonds is 6. The molecule has 0 atom stereocenters. The van der Waals surface area contributed by atoms with Crippen molar-refractivity contribution < 1.29 is 18.8 Å². The number of nitro groups is 1. The molecule has 0 aliphatic heterocycles. The molecule has 1 N–H and O–H groups in total. The van der Waals surface area contributed by atoms with Gasteiger partial charge < -0.3 is 10.1 Å². The molecule has 0 fully saturated rings. The van der Waals surface area contributed by atoms with Crippen LogP contribution in [0.25, 0.3) is 6.08 Å². The maximum Gasteiger partial charge on any atom is 0.312 e. The average Bonchev–Trinajstić information content (AvgIpc) is 2.79. The smallest absolute Gasteiger partial charge is 0.312 e. The molecule has 0 bridgehead atoms. The maximum atomic E-state index is 13.8. The van der Waals surface area contributed by atoms with E-state index in [2.05, 4.69) is 26.1 Å². The molecule has 0 radical (unpaired) electrons. The fourth-order valence-electron chi connectivity index (χ4n) is 3.07. The van der Waals surface area contributed by atoms with Gasteiger partial charge in [-0.15, -0.1) is 0 Å². The van der Waals surface area contributed by atoms with Crippen molar-refractivity contribution >= 4 is 23.4 Å². The van der Waals surface area contributed by atoms with Crippen LogP contribution in [0.2, 0.25) is 0 Å². The summed E-state index contributed by atoms with van der Waals surface area (Å²) in [5.74, 6) is -1.04. The number of amides is 1. The van der Waals surface area contributed by atoms with Crippen LogP contribution in [0.3, 0.4) is 0 Å². The van der Waals surface area contributed by atoms with E-state index in [0.717, 1.165) is 5.56 Å². The second kappa shape index (κ2) is 9.96. The van der Waals surface area contributed by atoms with Crippen molar-refractivity contribution in [3.05, 3.63) is 99.4 Å². The third-order valence-electron chi connectivity index (χ3n) is 4.93. The van der Waals surface area contributed by atoms with E-state index < -0.39 is 16.6 Å². The minimum Gasteiger partial charge on any atom is -0.450 e. The molecule has 3 aromatic carbocycles. The highest BCUT2D eigenvalue weighted by Gasteiger charge is 2.19. The highest BCUT2D eigenvalue weighted by Crippen LogP contribution is 2.34. The first-order chi connectivity index (χ1) is 16.1. The van der Waals surface area contributed by atoms with Gasteiger partial charge >= 0.3 is 5.69 Å². The van der Waals surface area contributed by atoms with Crippen molar-refractivity contribution in [3.8, 4) is 17.6 Å². The van der Waals surface area contributed by atoms with Crippen LogP contribution >= 0.6 is 0 Å². The molecule has 172 valence electrons. The van der Waals surface area contributed by atoms with E-state index in [4.69, 9.17) is 4.74 Å². The topological polar surface area (TPSA) is 105 Å². The van der Waals surface area contributed by atoms with Gasteiger partial charge in [0.15, 0.2) is 0 Å². The molecule has 0 heterocycles. The summed E-state index contributed by atoms with van der Waals surface area (Å²) in [6, 6.07) is 18.6. The Morgan fingerprint density at radius 1 is 1.12 bits per heavy atom. The van der Waals surface area contributed by atoms with Crippen molar-refractivity contribution in [2.24, 2.45) is 0 Å². The molecule has 3 aromatic rings. The Bertz CT molecular complexity index is 1300. The number of hydrogen-bond acceptors (Lipinski definition) is 5. The number of anilines is 1. The van der Waals surface area contributed by atoms with Crippen LogP contribution in [0.1, 0.15) is 31.9 Å². The monoisotopic (exact) mass is 459 g/mol. The van der Waals surface area contributed by atoms with Crippen molar-refractivity contribution in [3.63, 3.8) is 0 Å². The summed E-state index contributed by atoms with van der Waals surface area (Å²) in [6.07, 6.45) is 1.19. The number of nitro benzene ring substituents is 1. The molecule has 0 aliphatic rings. The Hall–Kier alpha value is -4.51. The highest BCUT2D eigenvalue weighted by atomic mass is 19.1. The summed E-state index contributed by atoms with van der Waals surface area (Å²) in [6.45, 7) is 6.23. The van der Waals surface area contributed by atoms with Crippen LogP contribution in [0, 0.1) is 27.3 Å². The van der Waals surface area contributed by atoms with Gasteiger partial charge in [-0.05, 0) is 52.9 Å². The number of halogens is 1. The molecule has 8 heteroatoms. The number of carbonyl (C=O) groups excluding carboxylic acids is 1. The SMILES string of the molecule is CC(C)(C)c1ccc(Oc2ccc(/C=C(/C#N)C(=O)Nc3ccccc3F)cc2[N+](=O)[O-])cc1. The first-order valence-electron chi connectivity index (χ1n) is 10.3. The Balaban J connectivity index is 1.86. The Morgan fingerprint density at radius 3 is 2.38 bits per heavy atom. The summed E-state index contributed by atoms with van der Waals surface area (Å²) in [4.78, 5) is 23.4. The van der Waals surface area contributed by atoms with Gasteiger partial charge in [0.1, 0.15) is 23.2 Å². The van der Waals surface area contributed by atoms with Gasteiger partial charge in [0, 0.05) is 6.07 Å². The van der Waals surface area contributed by atoms with Crippen molar-refractivity contribution in [1.29, 1.82) is 5.26 Å². The first kappa shape index (κ1) is 24.1. The summed E-state index contributed by atoms with van der Waals surface area (Å²) in [5.41, 5.74) is 0.524. The predicted molar refractivity (Wildman–Crippen MR) is 127 cm³/mol. The van der Waals surface area contributed by atoms with E-state index >= 15 is 0 Å². The number of para-hydroxylation sites is 1. The fraction of sp³-hybridized carbons (Fsp3) is 0.154. The van der Waals surface area contributed by atoms with Crippen molar-refractivity contribution in [2.75, 3.05) is 5.32 Å². The predicted octanol–water partition coefficient (Wildman–Crippen LogP) is 6.37. The number of ether oxygens (including phenoxy) is 1. The standard InChI is InChI=1S/C26H22FN3O4/c1-26(2,3)19-9-11-20(12-10-19)34-24-13-8-17(15-23(24)30(32)33)14-18(16-28)25(31)29-22-7-5-4-6-21(22)27/h4-15H,1-3H3,(H,29,31)/b18-14-. The minimum atomic E-state index is -0.838. The third-order valence-corrected chi connectivity index (χ3v) is 4.93. The maximum absolute atomic E-state index is 13.8. The molecule has 0 saturated heterocycles. The molecule has 0 spiro atoms. The lowest BCUT2D eigenvalue weighted by molar-refractivity contribution is -0.385. The van der Waals surface area contributed by atoms with Gasteiger partial charge in [-0.2, -0.15) is 5.26 Å². The normalized spacial score (nSPS) is 11.4. The quantitative estimate of drug-likeness (QED) is 0.200. The van der Waals surface area contributed by atoms with Gasteiger partial charge in [0.05, 0.1) is 10.6 Å². The lowest BCUT2D eigenvalue weighted by atomic mass is 9.87. The lowest BCUT2D eigenvalue weighted by Crippen LogP contribution is -2.14. The summed E-state index contributed by atoms with van der Waals surface area (Å²) in [5, 5.41) is 23.3. The van der Waals surface area contributed by atoms with Crippen LogP contribution in [-0.4, -0.2) is 10.8 Å². The van der Waals surface area contributed by atoms with E-state index in [1.54, 1.807) is 18.2 Å². The van der Waals surface area contributed by atoms with Crippen LogP contribution in [0.15, 0.2) is 72.3 Å². The summed E-state index contributed by atoms with van der Waals surface area (Å²) >= 11 is 0. The molecule has 3 rings (SSSR count). The van der Waals surface area contributed by atoms with E-state index in [-0.39, 0.29) is 33.7 Å². The van der Waals surface area contributed by atoms with Gasteiger partial charge in [-0.1, -0.05) is 51.1 Å². The third kappa shape index (κ3) is 5.84. The molecule has 0 unspecified atom stereocenters. The van der Waals surface area contributed by atoms with Gasteiger partial charge in [-0.3, -0.25) is 14.9 Å². The second-order valence-electron chi connectivity index (χ2n) is 8.46. The molecule has 7 nitrogen and oxygen atoms in total. The minimum absolute atomic E-state index is 0.0139. The van der Waals surface area contributed by atoms with Crippen molar-refractivity contribution in [1.82, 2.24) is 0 Å². The van der Waals surface area contributed by atoms with Crippen LogP contribution in [0.4, 0.5) is 15.8 Å². The zero-order chi connectivity index (χ0) is 24.9. The van der Waals surface area contributed by atoms with E-state index in [0.29, 0.717) is 5.75 Å². The zero-order valence-electron chi connectivity index (χ0n) is 18.8. The molecule has 0 aromatic heterocycles. The average molecular weight is 459 g/mol. The summed E-state index contributed by atoms with van der Waals surface area (Å²) < 4.78 is 19.5. The second-order valence-corrected chi connectivity index (χ2v) is 8.46. The summed E-state index contributed by atoms with van der Waals surface area (Å²) in [7, 11) is 0. The molecular weight excluding hydrogens is 437 g/mol. The Labute approximate surface area is 196 Å². The number of nitrogens with one attached hydrogen (secondary N) is 1. The van der Waals surface area contributed by atoms with Gasteiger partial charge in [0.2, 0.25) is 5.75 Å². The fourth-order valence-corrected chi connectivity index (χ4v) is 3.07. The van der Waals surface area contributed by atoms with Crippen LogP contribution in [0.5, 0.6) is 11.5 Å². The van der Waals surface area contributed by atoms with E-state index in [1.807, 2.05) is 12.1 Å². The van der Waals surface area contributed by atoms with E-state index in [9.17, 15) is 24.6 Å². The van der Waals surface area contributed by atoms with Gasteiger partial charge in [-0.25, -0.2) is 4.39 Å². The molecule has 1 amide bonds. The number of hydrogen-bond donors (Lipinski definition) is 1. The number of carbonyl (C=O) groups is 1. The molecular formula is C26H22FN3O4. The van der Waals surface area contributed by atoms with Crippen molar-refractivity contribution in [2.45, 2.75) is 26.2 Å². The van der Waals surface area contributed by atoms with Crippen LogP contribution in [-0.2, 0) is 10.2 Å². The number of nitrogens with zero attached hydrogens (tertiary/aromatic N) is 2. The Kier molecular flexibility index (Phi) is 7.07. The molecule has 0 aliphatic carbocycles. The van der Waals surface area contributed by atoms with E-state index in [1.165, 1.54) is 48.5 Å². The lowest BCUT2D eigenvalue weighted by Gasteiger charge is -2.19. The first-order valence-corrected chi connectivity index (χ1v) is 10.3. The van der Waals surface area contributed by atoms with Gasteiger partial charge in [0.25, 0.3) is 5.91 Å². The molecule has 0 saturated carbocycles. The zero-order valence-corrected chi connectivity index (χ0v) is 18.8. The Morgan fingerprint density at radius 2 is 1.79 bits per heavy atom. The number of benzene rings is 3. The highest BCUT2D eigenvalue weighted by molar-refractivity contribution is 6.09. The molecule has 34 heavy (non-hydrogen) atoms. The number of nitriles is 1. The van der Waals surface area contributed by atoms with Crippen LogP contribution < -0.4 is 10.1 Å².